The van der Waals surface area contributed by atoms with Gasteiger partial charge < -0.3 is 15.2 Å². The number of fused-ring (bicyclic) bond motifs is 2. The van der Waals surface area contributed by atoms with E-state index < -0.39 is 26.4 Å². The van der Waals surface area contributed by atoms with E-state index in [2.05, 4.69) is 0 Å². The molecule has 0 radical (unpaired) electrons. The third-order valence-electron chi connectivity index (χ3n) is 3.64. The van der Waals surface area contributed by atoms with Gasteiger partial charge in [0.1, 0.15) is 11.5 Å². The standard InChI is InChI=1S/C12H14F5NO2S/c13-21(14,15,16,17)12-9-3-6-19-10(9)7(1-4-18)8-2-5-20-11(8)12/h1-6,18H2. The average Bonchev–Trinajstić information content (AvgIpc) is 2.92. The molecule has 0 aromatic heterocycles. The van der Waals surface area contributed by atoms with Crippen LogP contribution in [0.15, 0.2) is 4.90 Å². The first-order valence-corrected chi connectivity index (χ1v) is 8.38. The van der Waals surface area contributed by atoms with Crippen molar-refractivity contribution in [2.45, 2.75) is 24.2 Å². The third-order valence-corrected chi connectivity index (χ3v) is 4.85. The van der Waals surface area contributed by atoms with Gasteiger partial charge in [0.15, 0.2) is 4.90 Å². The monoisotopic (exact) mass is 331 g/mol. The van der Waals surface area contributed by atoms with Crippen LogP contribution >= 0.6 is 10.2 Å². The van der Waals surface area contributed by atoms with Gasteiger partial charge >= 0.3 is 10.2 Å². The molecule has 0 bridgehead atoms. The second-order valence-electron chi connectivity index (χ2n) is 5.13. The molecule has 0 fully saturated rings. The second-order valence-corrected chi connectivity index (χ2v) is 7.47. The first-order chi connectivity index (χ1) is 9.53. The molecule has 2 aliphatic heterocycles. The lowest BCUT2D eigenvalue weighted by molar-refractivity contribution is 0.324. The maximum atomic E-state index is 13.4. The quantitative estimate of drug-likeness (QED) is 0.859. The van der Waals surface area contributed by atoms with E-state index in [4.69, 9.17) is 15.2 Å². The van der Waals surface area contributed by atoms with Crippen LogP contribution in [0.4, 0.5) is 19.4 Å². The summed E-state index contributed by atoms with van der Waals surface area (Å²) in [7, 11) is -9.85. The van der Waals surface area contributed by atoms with Crippen molar-refractivity contribution >= 4 is 10.2 Å². The van der Waals surface area contributed by atoms with E-state index in [1.54, 1.807) is 0 Å². The third kappa shape index (κ3) is 2.32. The Balaban J connectivity index is 2.39. The van der Waals surface area contributed by atoms with E-state index >= 15 is 0 Å². The number of hydrogen-bond donors (Lipinski definition) is 1. The topological polar surface area (TPSA) is 44.5 Å². The molecule has 2 N–H and O–H groups in total. The van der Waals surface area contributed by atoms with E-state index in [1.807, 2.05) is 0 Å². The van der Waals surface area contributed by atoms with Crippen molar-refractivity contribution in [1.82, 2.24) is 0 Å². The highest BCUT2D eigenvalue weighted by molar-refractivity contribution is 8.45. The second kappa shape index (κ2) is 3.75. The van der Waals surface area contributed by atoms with Crippen LogP contribution in [0.2, 0.25) is 0 Å². The Bertz CT molecular complexity index is 594. The Kier molecular flexibility index (Phi) is 2.63. The van der Waals surface area contributed by atoms with Gasteiger partial charge in [0.25, 0.3) is 0 Å². The number of ether oxygens (including phenoxy) is 2. The Labute approximate surface area is 117 Å². The highest BCUT2D eigenvalue weighted by Crippen LogP contribution is 3.04. The van der Waals surface area contributed by atoms with Gasteiger partial charge in [-0.1, -0.05) is 19.4 Å². The largest absolute Gasteiger partial charge is 0.493 e. The van der Waals surface area contributed by atoms with Crippen LogP contribution in [0.3, 0.4) is 0 Å². The summed E-state index contributed by atoms with van der Waals surface area (Å²) in [5.74, 6) is -0.796. The average molecular weight is 331 g/mol. The molecule has 9 heteroatoms. The molecular weight excluding hydrogens is 317 g/mol. The lowest BCUT2D eigenvalue weighted by atomic mass is 9.97. The smallest absolute Gasteiger partial charge is 0.314 e. The van der Waals surface area contributed by atoms with Crippen molar-refractivity contribution in [2.24, 2.45) is 5.73 Å². The molecule has 3 rings (SSSR count). The minimum Gasteiger partial charge on any atom is -0.493 e. The zero-order chi connectivity index (χ0) is 15.5. The molecule has 2 aliphatic rings. The predicted octanol–water partition coefficient (Wildman–Crippen LogP) is 3.72. The molecule has 0 spiro atoms. The summed E-state index contributed by atoms with van der Waals surface area (Å²) in [6.45, 7) is 0.102. The molecule has 120 valence electrons. The predicted molar refractivity (Wildman–Crippen MR) is 69.0 cm³/mol. The highest BCUT2D eigenvalue weighted by atomic mass is 32.5. The molecule has 21 heavy (non-hydrogen) atoms. The van der Waals surface area contributed by atoms with E-state index in [0.717, 1.165) is 0 Å². The number of rotatable bonds is 3. The van der Waals surface area contributed by atoms with Crippen LogP contribution in [0.5, 0.6) is 11.5 Å². The molecule has 1 aromatic carbocycles. The lowest BCUT2D eigenvalue weighted by Gasteiger charge is -2.42. The van der Waals surface area contributed by atoms with Crippen molar-refractivity contribution in [3.05, 3.63) is 16.7 Å². The van der Waals surface area contributed by atoms with Crippen LogP contribution in [0.1, 0.15) is 16.7 Å². The van der Waals surface area contributed by atoms with E-state index in [1.165, 1.54) is 0 Å². The number of hydrogen-bond acceptors (Lipinski definition) is 3. The molecule has 0 unspecified atom stereocenters. The van der Waals surface area contributed by atoms with Crippen LogP contribution in [0, 0.1) is 0 Å². The zero-order valence-electron chi connectivity index (χ0n) is 10.9. The number of benzene rings is 1. The lowest BCUT2D eigenvalue weighted by Crippen LogP contribution is -2.13. The fourth-order valence-electron chi connectivity index (χ4n) is 2.98. The minimum atomic E-state index is -9.85. The molecule has 0 saturated heterocycles. The molecular formula is C12H14F5NO2S. The number of nitrogens with two attached hydrogens (primary N) is 1. The van der Waals surface area contributed by atoms with Crippen LogP contribution < -0.4 is 15.2 Å². The zero-order valence-corrected chi connectivity index (χ0v) is 11.8. The van der Waals surface area contributed by atoms with E-state index in [9.17, 15) is 19.4 Å². The maximum absolute atomic E-state index is 13.4. The molecule has 0 atom stereocenters. The number of halogens is 5. The SMILES string of the molecule is NCCc1c2c(c(S(F)(F)(F)(F)F)c3c1OCC3)OCC2. The van der Waals surface area contributed by atoms with Crippen molar-refractivity contribution in [3.8, 4) is 11.5 Å². The fourth-order valence-corrected chi connectivity index (χ4v) is 4.17. The summed E-state index contributed by atoms with van der Waals surface area (Å²) < 4.78 is 77.2. The Hall–Kier alpha value is -1.22. The summed E-state index contributed by atoms with van der Waals surface area (Å²) >= 11 is 0. The van der Waals surface area contributed by atoms with Gasteiger partial charge in [0, 0.05) is 29.5 Å². The van der Waals surface area contributed by atoms with Gasteiger partial charge in [-0.2, -0.15) is 0 Å². The molecule has 2 heterocycles. The van der Waals surface area contributed by atoms with Crippen molar-refractivity contribution in [1.29, 1.82) is 0 Å². The Morgan fingerprint density at radius 2 is 1.48 bits per heavy atom. The first-order valence-electron chi connectivity index (χ1n) is 6.43. The molecule has 0 aliphatic carbocycles. The normalized spacial score (nSPS) is 20.1. The van der Waals surface area contributed by atoms with Gasteiger partial charge in [0.2, 0.25) is 0 Å². The molecule has 0 saturated carbocycles. The molecule has 0 amide bonds. The summed E-state index contributed by atoms with van der Waals surface area (Å²) in [6.07, 6.45) is 0.223. The molecule has 3 nitrogen and oxygen atoms in total. The summed E-state index contributed by atoms with van der Waals surface area (Å²) in [5.41, 5.74) is 5.61. The Morgan fingerprint density at radius 3 is 2.05 bits per heavy atom. The van der Waals surface area contributed by atoms with Crippen molar-refractivity contribution < 1.29 is 28.9 Å². The highest BCUT2D eigenvalue weighted by Gasteiger charge is 2.69. The summed E-state index contributed by atoms with van der Waals surface area (Å²) in [4.78, 5) is -1.89. The van der Waals surface area contributed by atoms with Gasteiger partial charge in [-0.05, 0) is 13.0 Å². The fraction of sp³-hybridized carbons (Fsp3) is 0.500. The van der Waals surface area contributed by atoms with Gasteiger partial charge in [0.05, 0.1) is 13.2 Å². The minimum absolute atomic E-state index is 0.0450. The maximum Gasteiger partial charge on any atom is 0.314 e. The van der Waals surface area contributed by atoms with Crippen molar-refractivity contribution in [3.63, 3.8) is 0 Å². The van der Waals surface area contributed by atoms with Crippen LogP contribution in [-0.2, 0) is 19.3 Å². The van der Waals surface area contributed by atoms with Gasteiger partial charge in [-0.15, -0.1) is 0 Å². The van der Waals surface area contributed by atoms with E-state index in [0.29, 0.717) is 5.56 Å². The summed E-state index contributed by atoms with van der Waals surface area (Å²) in [6, 6.07) is 0. The van der Waals surface area contributed by atoms with Crippen molar-refractivity contribution in [2.75, 3.05) is 19.8 Å². The van der Waals surface area contributed by atoms with E-state index in [-0.39, 0.29) is 50.3 Å². The van der Waals surface area contributed by atoms with Crippen LogP contribution in [0.25, 0.3) is 0 Å². The van der Waals surface area contributed by atoms with Gasteiger partial charge in [-0.25, -0.2) is 0 Å². The Morgan fingerprint density at radius 1 is 0.905 bits per heavy atom. The summed E-state index contributed by atoms with van der Waals surface area (Å²) in [5, 5.41) is 0. The molecule has 1 aromatic rings. The first kappa shape index (κ1) is 14.7. The van der Waals surface area contributed by atoms with Gasteiger partial charge in [-0.3, -0.25) is 0 Å². The van der Waals surface area contributed by atoms with Crippen LogP contribution in [-0.4, -0.2) is 19.8 Å².